The lowest BCUT2D eigenvalue weighted by molar-refractivity contribution is -0.135. The maximum Gasteiger partial charge on any atom is 0.312 e. The molecule has 0 N–H and O–H groups in total. The highest BCUT2D eigenvalue weighted by atomic mass is 16.5. The molecule has 0 amide bonds. The second-order valence-corrected chi connectivity index (χ2v) is 8.68. The maximum absolute atomic E-state index is 13.5. The van der Waals surface area contributed by atoms with Gasteiger partial charge in [-0.25, -0.2) is 0 Å². The minimum atomic E-state index is -0.730. The van der Waals surface area contributed by atoms with Crippen LogP contribution < -0.4 is 24.4 Å². The molecule has 0 aliphatic carbocycles. The first-order chi connectivity index (χ1) is 18.0. The molecule has 0 radical (unpaired) electrons. The third kappa shape index (κ3) is 3.74. The molecule has 2 aliphatic heterocycles. The summed E-state index contributed by atoms with van der Waals surface area (Å²) in [4.78, 5) is 39.3. The number of allylic oxidation sites excluding steroid dienone is 1. The quantitative estimate of drug-likeness (QED) is 0.224. The normalized spacial score (nSPS) is 17.2. The molecule has 37 heavy (non-hydrogen) atoms. The van der Waals surface area contributed by atoms with Crippen molar-refractivity contribution in [3.8, 4) is 23.0 Å². The molecule has 1 aromatic heterocycles. The van der Waals surface area contributed by atoms with Crippen molar-refractivity contribution in [3.63, 3.8) is 0 Å². The lowest BCUT2D eigenvalue weighted by atomic mass is 9.85. The SMILES string of the molecule is COc1ccc(/C=C2\Oc3c(ccc4c3C(c3coc5ccc(OC)cc5c3=O)CC(=O)O4)C2=O)cc1. The second-order valence-electron chi connectivity index (χ2n) is 8.68. The third-order valence-corrected chi connectivity index (χ3v) is 6.57. The van der Waals surface area contributed by atoms with Crippen LogP contribution in [0.4, 0.5) is 0 Å². The van der Waals surface area contributed by atoms with E-state index >= 15 is 0 Å². The Hall–Kier alpha value is -4.85. The van der Waals surface area contributed by atoms with E-state index in [-0.39, 0.29) is 40.5 Å². The van der Waals surface area contributed by atoms with Crippen LogP contribution in [-0.2, 0) is 4.79 Å². The van der Waals surface area contributed by atoms with Crippen molar-refractivity contribution in [3.05, 3.63) is 99.1 Å². The minimum absolute atomic E-state index is 0.112. The first-order valence-electron chi connectivity index (χ1n) is 11.5. The smallest absolute Gasteiger partial charge is 0.312 e. The number of esters is 1. The monoisotopic (exact) mass is 496 g/mol. The molecule has 6 rings (SSSR count). The second kappa shape index (κ2) is 8.67. The first kappa shape index (κ1) is 22.6. The van der Waals surface area contributed by atoms with Gasteiger partial charge >= 0.3 is 5.97 Å². The number of hydrogen-bond acceptors (Lipinski definition) is 8. The van der Waals surface area contributed by atoms with Gasteiger partial charge in [-0.15, -0.1) is 0 Å². The summed E-state index contributed by atoms with van der Waals surface area (Å²) in [7, 11) is 3.08. The van der Waals surface area contributed by atoms with Gasteiger partial charge in [-0.1, -0.05) is 12.1 Å². The molecule has 0 fully saturated rings. The summed E-state index contributed by atoms with van der Waals surface area (Å²) in [6.45, 7) is 0. The molecule has 0 spiro atoms. The summed E-state index contributed by atoms with van der Waals surface area (Å²) in [5.41, 5.74) is 1.88. The van der Waals surface area contributed by atoms with Crippen molar-refractivity contribution in [2.24, 2.45) is 0 Å². The van der Waals surface area contributed by atoms with Crippen molar-refractivity contribution in [1.82, 2.24) is 0 Å². The van der Waals surface area contributed by atoms with E-state index in [1.807, 2.05) is 0 Å². The number of Topliss-reactive ketones (excluding diaryl/α,β-unsaturated/α-hetero) is 1. The number of methoxy groups -OCH3 is 2. The molecule has 8 heteroatoms. The third-order valence-electron chi connectivity index (χ3n) is 6.57. The zero-order chi connectivity index (χ0) is 25.7. The maximum atomic E-state index is 13.5. The molecule has 8 nitrogen and oxygen atoms in total. The topological polar surface area (TPSA) is 101 Å². The summed E-state index contributed by atoms with van der Waals surface area (Å²) in [6, 6.07) is 15.2. The fraction of sp³-hybridized carbons (Fsp3) is 0.138. The van der Waals surface area contributed by atoms with Crippen molar-refractivity contribution < 1.29 is 33.0 Å². The van der Waals surface area contributed by atoms with E-state index in [1.165, 1.54) is 13.4 Å². The first-order valence-corrected chi connectivity index (χ1v) is 11.5. The molecule has 3 heterocycles. The van der Waals surface area contributed by atoms with Gasteiger partial charge in [0.15, 0.2) is 11.2 Å². The molecule has 1 atom stereocenters. The number of hydrogen-bond donors (Lipinski definition) is 0. The van der Waals surface area contributed by atoms with Crippen LogP contribution in [-0.4, -0.2) is 26.0 Å². The largest absolute Gasteiger partial charge is 0.497 e. The Bertz CT molecular complexity index is 1680. The van der Waals surface area contributed by atoms with Crippen LogP contribution in [0.15, 0.2) is 75.8 Å². The van der Waals surface area contributed by atoms with Gasteiger partial charge in [0.1, 0.15) is 28.6 Å². The lowest BCUT2D eigenvalue weighted by Gasteiger charge is -2.25. The average molecular weight is 496 g/mol. The van der Waals surface area contributed by atoms with E-state index in [2.05, 4.69) is 0 Å². The Morgan fingerprint density at radius 2 is 1.65 bits per heavy atom. The van der Waals surface area contributed by atoms with Gasteiger partial charge in [0.2, 0.25) is 5.78 Å². The summed E-state index contributed by atoms with van der Waals surface area (Å²) >= 11 is 0. The molecule has 3 aromatic carbocycles. The number of ketones is 1. The molecular formula is C29H20O8. The molecule has 2 aliphatic rings. The summed E-state index contributed by atoms with van der Waals surface area (Å²) < 4.78 is 27.7. The minimum Gasteiger partial charge on any atom is -0.497 e. The van der Waals surface area contributed by atoms with E-state index in [9.17, 15) is 14.4 Å². The van der Waals surface area contributed by atoms with Crippen molar-refractivity contribution in [2.75, 3.05) is 14.2 Å². The van der Waals surface area contributed by atoms with E-state index in [0.29, 0.717) is 33.6 Å². The fourth-order valence-electron chi connectivity index (χ4n) is 4.72. The highest BCUT2D eigenvalue weighted by Crippen LogP contribution is 2.48. The van der Waals surface area contributed by atoms with E-state index < -0.39 is 11.9 Å². The number of benzene rings is 3. The van der Waals surface area contributed by atoms with Gasteiger partial charge in [-0.05, 0) is 54.1 Å². The van der Waals surface area contributed by atoms with Crippen LogP contribution in [0.3, 0.4) is 0 Å². The molecule has 0 saturated heterocycles. The fourth-order valence-corrected chi connectivity index (χ4v) is 4.72. The molecule has 0 saturated carbocycles. The Morgan fingerprint density at radius 1 is 0.892 bits per heavy atom. The molecule has 1 unspecified atom stereocenters. The van der Waals surface area contributed by atoms with E-state index in [1.54, 1.807) is 67.8 Å². The number of fused-ring (bicyclic) bond motifs is 4. The van der Waals surface area contributed by atoms with Crippen LogP contribution in [0.25, 0.3) is 17.0 Å². The zero-order valence-corrected chi connectivity index (χ0v) is 19.9. The van der Waals surface area contributed by atoms with Crippen LogP contribution in [0.5, 0.6) is 23.0 Å². The van der Waals surface area contributed by atoms with Gasteiger partial charge in [-0.3, -0.25) is 14.4 Å². The summed E-state index contributed by atoms with van der Waals surface area (Å²) in [5.74, 6) is 0.290. The van der Waals surface area contributed by atoms with Gasteiger partial charge in [0.25, 0.3) is 0 Å². The Labute approximate surface area is 210 Å². The van der Waals surface area contributed by atoms with Crippen molar-refractivity contribution >= 4 is 28.8 Å². The predicted molar refractivity (Wildman–Crippen MR) is 134 cm³/mol. The molecule has 184 valence electrons. The highest BCUT2D eigenvalue weighted by molar-refractivity contribution is 6.15. The van der Waals surface area contributed by atoms with Gasteiger partial charge in [0, 0.05) is 17.0 Å². The van der Waals surface area contributed by atoms with Crippen molar-refractivity contribution in [1.29, 1.82) is 0 Å². The molecule has 4 aromatic rings. The molecule has 0 bridgehead atoms. The van der Waals surface area contributed by atoms with Crippen LogP contribution in [0, 0.1) is 0 Å². The van der Waals surface area contributed by atoms with Gasteiger partial charge in [0.05, 0.1) is 37.9 Å². The zero-order valence-electron chi connectivity index (χ0n) is 19.9. The lowest BCUT2D eigenvalue weighted by Crippen LogP contribution is -2.25. The van der Waals surface area contributed by atoms with Crippen LogP contribution in [0.1, 0.15) is 39.4 Å². The number of rotatable bonds is 4. The number of ether oxygens (including phenoxy) is 4. The van der Waals surface area contributed by atoms with Crippen LogP contribution >= 0.6 is 0 Å². The molecular weight excluding hydrogens is 476 g/mol. The average Bonchev–Trinajstić information content (AvgIpc) is 3.23. The number of carbonyl (C=O) groups excluding carboxylic acids is 2. The Balaban J connectivity index is 1.47. The number of carbonyl (C=O) groups is 2. The predicted octanol–water partition coefficient (Wildman–Crippen LogP) is 4.87. The Morgan fingerprint density at radius 3 is 2.41 bits per heavy atom. The summed E-state index contributed by atoms with van der Waals surface area (Å²) in [5, 5.41) is 0.321. The van der Waals surface area contributed by atoms with Gasteiger partial charge < -0.3 is 23.4 Å². The Kier molecular flexibility index (Phi) is 5.30. The van der Waals surface area contributed by atoms with Crippen molar-refractivity contribution in [2.45, 2.75) is 12.3 Å². The van der Waals surface area contributed by atoms with E-state index in [4.69, 9.17) is 23.4 Å². The van der Waals surface area contributed by atoms with Crippen LogP contribution in [0.2, 0.25) is 0 Å². The highest BCUT2D eigenvalue weighted by Gasteiger charge is 2.39. The standard InChI is InChI=1S/C29H20O8/c1-33-16-5-3-15(4-6-16)11-24-28(32)18-8-10-23-26(29(18)37-24)19(13-25(30)36-23)21-14-35-22-9-7-17(34-2)12-20(22)27(21)31/h3-12,14,19H,13H2,1-2H3/b24-11-. The van der Waals surface area contributed by atoms with E-state index in [0.717, 1.165) is 5.56 Å². The van der Waals surface area contributed by atoms with Gasteiger partial charge in [-0.2, -0.15) is 0 Å². The summed E-state index contributed by atoms with van der Waals surface area (Å²) in [6.07, 6.45) is 2.88.